The lowest BCUT2D eigenvalue weighted by Gasteiger charge is -2.30. The Hall–Kier alpha value is -2.28. The predicted octanol–water partition coefficient (Wildman–Crippen LogP) is 4.85. The average Bonchev–Trinajstić information content (AvgIpc) is 2.83. The first-order valence-corrected chi connectivity index (χ1v) is 9.29. The van der Waals surface area contributed by atoms with Gasteiger partial charge in [-0.15, -0.1) is 0 Å². The van der Waals surface area contributed by atoms with E-state index in [-0.39, 0.29) is 12.1 Å². The summed E-state index contributed by atoms with van der Waals surface area (Å²) in [7, 11) is 0. The van der Waals surface area contributed by atoms with Crippen LogP contribution in [0.4, 0.5) is 13.2 Å². The van der Waals surface area contributed by atoms with E-state index in [4.69, 9.17) is 4.74 Å². The van der Waals surface area contributed by atoms with Crippen molar-refractivity contribution in [2.45, 2.75) is 39.9 Å². The molecule has 0 bridgehead atoms. The van der Waals surface area contributed by atoms with Crippen LogP contribution in [0.1, 0.15) is 39.3 Å². The second-order valence-electron chi connectivity index (χ2n) is 8.34. The molecule has 152 valence electrons. The Balaban J connectivity index is 1.99. The van der Waals surface area contributed by atoms with Crippen LogP contribution in [-0.2, 0) is 4.79 Å². The molecule has 3 rings (SSSR count). The molecule has 1 atom stereocenters. The zero-order valence-corrected chi connectivity index (χ0v) is 16.4. The molecule has 0 spiro atoms. The zero-order chi connectivity index (χ0) is 20.7. The summed E-state index contributed by atoms with van der Waals surface area (Å²) in [5.74, 6) is 0.579. The lowest BCUT2D eigenvalue weighted by molar-refractivity contribution is -0.191. The number of rotatable bonds is 5. The van der Waals surface area contributed by atoms with Crippen molar-refractivity contribution >= 4 is 16.7 Å². The topological polar surface area (TPSA) is 41.6 Å². The van der Waals surface area contributed by atoms with Crippen molar-refractivity contribution in [2.75, 3.05) is 13.2 Å². The number of hydrazine groups is 1. The molecular formula is C21H25F3N2O2. The third-order valence-corrected chi connectivity index (χ3v) is 4.80. The van der Waals surface area contributed by atoms with E-state index in [2.05, 4.69) is 5.43 Å². The molecule has 4 nitrogen and oxygen atoms in total. The van der Waals surface area contributed by atoms with Crippen molar-refractivity contribution in [1.29, 1.82) is 0 Å². The van der Waals surface area contributed by atoms with Crippen LogP contribution in [0.5, 0.6) is 5.75 Å². The molecule has 0 saturated carbocycles. The molecule has 2 aromatic carbocycles. The molecule has 7 heteroatoms. The maximum absolute atomic E-state index is 13.9. The fourth-order valence-electron chi connectivity index (χ4n) is 3.35. The third-order valence-electron chi connectivity index (χ3n) is 4.80. The first-order chi connectivity index (χ1) is 13.0. The smallest absolute Gasteiger partial charge is 0.409 e. The Bertz CT molecular complexity index is 878. The summed E-state index contributed by atoms with van der Waals surface area (Å²) in [5.41, 5.74) is 1.60. The van der Waals surface area contributed by atoms with E-state index in [1.54, 1.807) is 32.0 Å². The number of ether oxygens (including phenoxy) is 1. The number of nitrogens with one attached hydrogen (secondary N) is 1. The van der Waals surface area contributed by atoms with Crippen LogP contribution in [0, 0.1) is 11.3 Å². The number of nitrogens with zero attached hydrogens (tertiary/aromatic N) is 1. The first kappa shape index (κ1) is 20.5. The number of fused-ring (bicyclic) bond motifs is 1. The highest BCUT2D eigenvalue weighted by Gasteiger charge is 2.51. The van der Waals surface area contributed by atoms with Gasteiger partial charge in [-0.2, -0.15) is 13.2 Å². The number of hydrogen-bond acceptors (Lipinski definition) is 3. The summed E-state index contributed by atoms with van der Waals surface area (Å²) in [6, 6.07) is 8.07. The second-order valence-corrected chi connectivity index (χ2v) is 8.34. The number of carbonyl (C=O) groups excluding carboxylic acids is 1. The Morgan fingerprint density at radius 2 is 1.93 bits per heavy atom. The van der Waals surface area contributed by atoms with Crippen molar-refractivity contribution < 1.29 is 22.7 Å². The molecule has 1 saturated heterocycles. The van der Waals surface area contributed by atoms with E-state index in [0.717, 1.165) is 10.4 Å². The van der Waals surface area contributed by atoms with Crippen molar-refractivity contribution in [3.63, 3.8) is 0 Å². The normalized spacial score (nSPS) is 18.5. The zero-order valence-electron chi connectivity index (χ0n) is 16.4. The summed E-state index contributed by atoms with van der Waals surface area (Å²) in [4.78, 5) is 12.0. The molecule has 1 fully saturated rings. The van der Waals surface area contributed by atoms with Crippen LogP contribution in [0.3, 0.4) is 0 Å². The van der Waals surface area contributed by atoms with Gasteiger partial charge in [-0.05, 0) is 42.8 Å². The highest BCUT2D eigenvalue weighted by Crippen LogP contribution is 2.41. The molecule has 0 aromatic heterocycles. The summed E-state index contributed by atoms with van der Waals surface area (Å²) in [5, 5.41) is 2.42. The molecular weight excluding hydrogens is 369 g/mol. The molecule has 0 radical (unpaired) electrons. The van der Waals surface area contributed by atoms with Crippen molar-refractivity contribution in [2.24, 2.45) is 11.3 Å². The minimum Gasteiger partial charge on any atom is -0.493 e. The summed E-state index contributed by atoms with van der Waals surface area (Å²) >= 11 is 0. The van der Waals surface area contributed by atoms with Gasteiger partial charge in [-0.3, -0.25) is 10.2 Å². The van der Waals surface area contributed by atoms with Gasteiger partial charge in [-0.25, -0.2) is 5.01 Å². The van der Waals surface area contributed by atoms with Crippen molar-refractivity contribution in [3.05, 3.63) is 42.0 Å². The summed E-state index contributed by atoms with van der Waals surface area (Å²) in [6.45, 7) is 7.83. The van der Waals surface area contributed by atoms with Gasteiger partial charge >= 0.3 is 6.18 Å². The van der Waals surface area contributed by atoms with E-state index in [0.29, 0.717) is 23.7 Å². The standard InChI is InChI=1S/C21H25F3N2O2/c1-13(2)11-28-17-7-5-6-14-10-15(8-9-16(14)17)18(21(22,23)24)26-12-20(3,4)19(27)25-26/h5-10,13,18H,11-12H2,1-4H3,(H,25,27). The van der Waals surface area contributed by atoms with Gasteiger partial charge in [-0.1, -0.05) is 38.1 Å². The van der Waals surface area contributed by atoms with Crippen LogP contribution >= 0.6 is 0 Å². The highest BCUT2D eigenvalue weighted by molar-refractivity contribution is 5.89. The van der Waals surface area contributed by atoms with Crippen LogP contribution in [0.25, 0.3) is 10.8 Å². The number of hydrogen-bond donors (Lipinski definition) is 1. The van der Waals surface area contributed by atoms with Crippen molar-refractivity contribution in [1.82, 2.24) is 10.4 Å². The number of alkyl halides is 3. The van der Waals surface area contributed by atoms with Gasteiger partial charge < -0.3 is 4.74 Å². The van der Waals surface area contributed by atoms with E-state index < -0.39 is 23.5 Å². The van der Waals surface area contributed by atoms with Gasteiger partial charge in [0.1, 0.15) is 11.8 Å². The van der Waals surface area contributed by atoms with E-state index in [1.807, 2.05) is 19.9 Å². The van der Waals surface area contributed by atoms with Crippen LogP contribution in [0.15, 0.2) is 36.4 Å². The van der Waals surface area contributed by atoms with Crippen LogP contribution < -0.4 is 10.2 Å². The quantitative estimate of drug-likeness (QED) is 0.788. The van der Waals surface area contributed by atoms with Gasteiger partial charge in [0.2, 0.25) is 5.91 Å². The molecule has 28 heavy (non-hydrogen) atoms. The van der Waals surface area contributed by atoms with Gasteiger partial charge in [0.05, 0.1) is 12.0 Å². The minimum atomic E-state index is -4.53. The minimum absolute atomic E-state index is 0.0222. The SMILES string of the molecule is CC(C)COc1cccc2cc(C(N3CC(C)(C)C(=O)N3)C(F)(F)F)ccc12. The summed E-state index contributed by atoms with van der Waals surface area (Å²) in [6.07, 6.45) is -4.53. The second kappa shape index (κ2) is 7.28. The largest absolute Gasteiger partial charge is 0.493 e. The number of carbonyl (C=O) groups is 1. The predicted molar refractivity (Wildman–Crippen MR) is 102 cm³/mol. The molecule has 1 unspecified atom stereocenters. The molecule has 1 amide bonds. The van der Waals surface area contributed by atoms with Gasteiger partial charge in [0, 0.05) is 11.9 Å². The fraction of sp³-hybridized carbons (Fsp3) is 0.476. The highest BCUT2D eigenvalue weighted by atomic mass is 19.4. The monoisotopic (exact) mass is 394 g/mol. The first-order valence-electron chi connectivity index (χ1n) is 9.29. The maximum Gasteiger partial charge on any atom is 0.409 e. The van der Waals surface area contributed by atoms with Crippen LogP contribution in [0.2, 0.25) is 0 Å². The van der Waals surface area contributed by atoms with E-state index in [9.17, 15) is 18.0 Å². The van der Waals surface area contributed by atoms with Crippen LogP contribution in [-0.4, -0.2) is 30.2 Å². The fourth-order valence-corrected chi connectivity index (χ4v) is 3.35. The van der Waals surface area contributed by atoms with E-state index in [1.165, 1.54) is 12.1 Å². The Kier molecular flexibility index (Phi) is 5.32. The Morgan fingerprint density at radius 1 is 1.21 bits per heavy atom. The molecule has 1 N–H and O–H groups in total. The van der Waals surface area contributed by atoms with Gasteiger partial charge in [0.15, 0.2) is 0 Å². The molecule has 1 aliphatic heterocycles. The van der Waals surface area contributed by atoms with E-state index >= 15 is 0 Å². The maximum atomic E-state index is 13.9. The molecule has 1 heterocycles. The number of benzene rings is 2. The lowest BCUT2D eigenvalue weighted by atomic mass is 9.93. The summed E-state index contributed by atoms with van der Waals surface area (Å²) < 4.78 is 47.5. The van der Waals surface area contributed by atoms with Crippen molar-refractivity contribution in [3.8, 4) is 5.75 Å². The Morgan fingerprint density at radius 3 is 2.50 bits per heavy atom. The third kappa shape index (κ3) is 4.09. The Labute approximate surface area is 162 Å². The number of halogens is 3. The average molecular weight is 394 g/mol. The molecule has 0 aliphatic carbocycles. The van der Waals surface area contributed by atoms with Gasteiger partial charge in [0.25, 0.3) is 0 Å². The molecule has 2 aromatic rings. The molecule has 1 aliphatic rings. The lowest BCUT2D eigenvalue weighted by Crippen LogP contribution is -2.43. The number of amides is 1.